The fourth-order valence-electron chi connectivity index (χ4n) is 3.61. The van der Waals surface area contributed by atoms with E-state index in [1.54, 1.807) is 7.11 Å². The molecule has 1 atom stereocenters. The number of nitrogens with zero attached hydrogens (tertiary/aromatic N) is 4. The highest BCUT2D eigenvalue weighted by Crippen LogP contribution is 2.26. The molecule has 1 aliphatic rings. The molecule has 4 rings (SSSR count). The van der Waals surface area contributed by atoms with Gasteiger partial charge in [-0.05, 0) is 48.9 Å². The maximum absolute atomic E-state index is 6.10. The molecule has 0 bridgehead atoms. The maximum atomic E-state index is 6.10. The second-order valence-corrected chi connectivity index (χ2v) is 7.73. The van der Waals surface area contributed by atoms with Crippen LogP contribution in [0.1, 0.15) is 24.4 Å². The van der Waals surface area contributed by atoms with E-state index in [2.05, 4.69) is 33.0 Å². The third-order valence-corrected chi connectivity index (χ3v) is 5.62. The first-order chi connectivity index (χ1) is 14.1. The smallest absolute Gasteiger partial charge is 0.247 e. The van der Waals surface area contributed by atoms with Crippen molar-refractivity contribution in [3.05, 3.63) is 65.0 Å². The molecule has 0 aliphatic carbocycles. The Morgan fingerprint density at radius 3 is 2.52 bits per heavy atom. The lowest BCUT2D eigenvalue weighted by Crippen LogP contribution is -2.46. The normalized spacial score (nSPS) is 16.7. The number of aromatic nitrogens is 2. The van der Waals surface area contributed by atoms with Crippen LogP contribution >= 0.6 is 11.6 Å². The highest BCUT2D eigenvalue weighted by molar-refractivity contribution is 6.30. The highest BCUT2D eigenvalue weighted by Gasteiger charge is 2.26. The second kappa shape index (κ2) is 8.95. The summed E-state index contributed by atoms with van der Waals surface area (Å²) >= 11 is 6.10. The lowest BCUT2D eigenvalue weighted by atomic mass is 10.2. The molecule has 152 valence electrons. The molecular weight excluding hydrogens is 388 g/mol. The number of hydrogen-bond donors (Lipinski definition) is 0. The first-order valence-electron chi connectivity index (χ1n) is 9.81. The van der Waals surface area contributed by atoms with Crippen molar-refractivity contribution in [1.82, 2.24) is 20.0 Å². The Bertz CT molecular complexity index is 936. The second-order valence-electron chi connectivity index (χ2n) is 7.29. The Balaban J connectivity index is 1.34. The van der Waals surface area contributed by atoms with Gasteiger partial charge in [0.25, 0.3) is 0 Å². The largest absolute Gasteiger partial charge is 0.497 e. The summed E-state index contributed by atoms with van der Waals surface area (Å²) in [6, 6.07) is 15.8. The van der Waals surface area contributed by atoms with Crippen molar-refractivity contribution in [2.24, 2.45) is 0 Å². The van der Waals surface area contributed by atoms with Gasteiger partial charge in [-0.25, -0.2) is 0 Å². The van der Waals surface area contributed by atoms with Crippen LogP contribution in [0.2, 0.25) is 5.02 Å². The number of halogens is 1. The summed E-state index contributed by atoms with van der Waals surface area (Å²) in [7, 11) is 1.65. The molecule has 0 radical (unpaired) electrons. The van der Waals surface area contributed by atoms with Crippen LogP contribution in [0.4, 0.5) is 0 Å². The van der Waals surface area contributed by atoms with Gasteiger partial charge in [-0.15, -0.1) is 10.2 Å². The molecule has 1 aromatic heterocycles. The Labute approximate surface area is 176 Å². The number of hydrogen-bond acceptors (Lipinski definition) is 6. The molecule has 0 unspecified atom stereocenters. The minimum atomic E-state index is 0.0859. The molecule has 1 fully saturated rings. The summed E-state index contributed by atoms with van der Waals surface area (Å²) in [5, 5.41) is 9.31. The first kappa shape index (κ1) is 19.9. The molecule has 1 aliphatic heterocycles. The van der Waals surface area contributed by atoms with Crippen LogP contribution in [-0.2, 0) is 6.54 Å². The molecule has 3 aromatic rings. The van der Waals surface area contributed by atoms with E-state index in [0.717, 1.165) is 49.1 Å². The maximum Gasteiger partial charge on any atom is 0.247 e. The fourth-order valence-corrected chi connectivity index (χ4v) is 3.82. The average Bonchev–Trinajstić information content (AvgIpc) is 3.24. The van der Waals surface area contributed by atoms with Crippen molar-refractivity contribution < 1.29 is 9.15 Å². The molecule has 2 aromatic carbocycles. The molecule has 7 heteroatoms. The average molecular weight is 413 g/mol. The third kappa shape index (κ3) is 4.78. The van der Waals surface area contributed by atoms with Crippen LogP contribution in [0.15, 0.2) is 52.9 Å². The summed E-state index contributed by atoms with van der Waals surface area (Å²) < 4.78 is 11.2. The number of piperazine rings is 1. The SMILES string of the molecule is COc1ccc(-c2nnc([C@H](C)N3CCN(Cc4cccc(Cl)c4)CC3)o2)cc1. The van der Waals surface area contributed by atoms with E-state index in [0.29, 0.717) is 11.8 Å². The summed E-state index contributed by atoms with van der Waals surface area (Å²) in [5.41, 5.74) is 2.14. The molecule has 29 heavy (non-hydrogen) atoms. The molecule has 1 saturated heterocycles. The van der Waals surface area contributed by atoms with E-state index in [1.807, 2.05) is 42.5 Å². The van der Waals surface area contributed by atoms with Gasteiger partial charge in [0.05, 0.1) is 13.2 Å². The van der Waals surface area contributed by atoms with Gasteiger partial charge in [0.1, 0.15) is 5.75 Å². The van der Waals surface area contributed by atoms with E-state index in [-0.39, 0.29) is 6.04 Å². The zero-order chi connectivity index (χ0) is 20.2. The van der Waals surface area contributed by atoms with Crippen LogP contribution in [0.3, 0.4) is 0 Å². The lowest BCUT2D eigenvalue weighted by Gasteiger charge is -2.36. The molecule has 0 amide bonds. The van der Waals surface area contributed by atoms with E-state index >= 15 is 0 Å². The van der Waals surface area contributed by atoms with Crippen molar-refractivity contribution >= 4 is 11.6 Å². The summed E-state index contributed by atoms with van der Waals surface area (Å²) in [4.78, 5) is 4.84. The quantitative estimate of drug-likeness (QED) is 0.602. The molecule has 2 heterocycles. The minimum Gasteiger partial charge on any atom is -0.497 e. The van der Waals surface area contributed by atoms with Gasteiger partial charge in [-0.2, -0.15) is 0 Å². The van der Waals surface area contributed by atoms with Crippen molar-refractivity contribution in [3.63, 3.8) is 0 Å². The zero-order valence-corrected chi connectivity index (χ0v) is 17.5. The minimum absolute atomic E-state index is 0.0859. The Morgan fingerprint density at radius 1 is 1.07 bits per heavy atom. The third-order valence-electron chi connectivity index (χ3n) is 5.38. The van der Waals surface area contributed by atoms with Crippen molar-refractivity contribution in [2.45, 2.75) is 19.5 Å². The van der Waals surface area contributed by atoms with Gasteiger partial charge in [-0.1, -0.05) is 23.7 Å². The van der Waals surface area contributed by atoms with Gasteiger partial charge in [0, 0.05) is 43.3 Å². The Morgan fingerprint density at radius 2 is 1.83 bits per heavy atom. The van der Waals surface area contributed by atoms with E-state index in [4.69, 9.17) is 20.8 Å². The molecule has 0 spiro atoms. The Hall–Kier alpha value is -2.41. The van der Waals surface area contributed by atoms with E-state index in [9.17, 15) is 0 Å². The summed E-state index contributed by atoms with van der Waals surface area (Å²) in [6.45, 7) is 6.96. The van der Waals surface area contributed by atoms with Crippen LogP contribution in [0, 0.1) is 0 Å². The number of benzene rings is 2. The molecular formula is C22H25ClN4O2. The topological polar surface area (TPSA) is 54.6 Å². The van der Waals surface area contributed by atoms with Crippen molar-refractivity contribution in [2.75, 3.05) is 33.3 Å². The number of ether oxygens (including phenoxy) is 1. The predicted octanol–water partition coefficient (Wildman–Crippen LogP) is 4.28. The number of methoxy groups -OCH3 is 1. The predicted molar refractivity (Wildman–Crippen MR) is 113 cm³/mol. The molecule has 0 saturated carbocycles. The fraction of sp³-hybridized carbons (Fsp3) is 0.364. The van der Waals surface area contributed by atoms with Crippen LogP contribution in [-0.4, -0.2) is 53.3 Å². The molecule has 0 N–H and O–H groups in total. The molecule has 6 nitrogen and oxygen atoms in total. The number of rotatable bonds is 6. The monoisotopic (exact) mass is 412 g/mol. The van der Waals surface area contributed by atoms with Crippen molar-refractivity contribution in [1.29, 1.82) is 0 Å². The Kier molecular flexibility index (Phi) is 6.13. The lowest BCUT2D eigenvalue weighted by molar-refractivity contribution is 0.0876. The summed E-state index contributed by atoms with van der Waals surface area (Å²) in [5.74, 6) is 1.99. The van der Waals surface area contributed by atoms with Gasteiger partial charge in [0.15, 0.2) is 0 Å². The highest BCUT2D eigenvalue weighted by atomic mass is 35.5. The summed E-state index contributed by atoms with van der Waals surface area (Å²) in [6.07, 6.45) is 0. The van der Waals surface area contributed by atoms with Crippen LogP contribution < -0.4 is 4.74 Å². The first-order valence-corrected chi connectivity index (χ1v) is 10.2. The van der Waals surface area contributed by atoms with Gasteiger partial charge in [0.2, 0.25) is 11.8 Å². The van der Waals surface area contributed by atoms with E-state index in [1.165, 1.54) is 5.56 Å². The van der Waals surface area contributed by atoms with E-state index < -0.39 is 0 Å². The van der Waals surface area contributed by atoms with Crippen LogP contribution in [0.5, 0.6) is 5.75 Å². The van der Waals surface area contributed by atoms with Gasteiger partial charge >= 0.3 is 0 Å². The van der Waals surface area contributed by atoms with Crippen LogP contribution in [0.25, 0.3) is 11.5 Å². The van der Waals surface area contributed by atoms with Crippen molar-refractivity contribution in [3.8, 4) is 17.2 Å². The van der Waals surface area contributed by atoms with Gasteiger partial charge in [-0.3, -0.25) is 9.80 Å². The van der Waals surface area contributed by atoms with Gasteiger partial charge < -0.3 is 9.15 Å². The standard InChI is InChI=1S/C22H25ClN4O2/c1-16(21-24-25-22(29-21)18-6-8-20(28-2)9-7-18)27-12-10-26(11-13-27)15-17-4-3-5-19(23)14-17/h3-9,14,16H,10-13,15H2,1-2H3/t16-/m0/s1. The zero-order valence-electron chi connectivity index (χ0n) is 16.7.